The van der Waals surface area contributed by atoms with Crippen molar-refractivity contribution in [3.8, 4) is 22.5 Å². The number of fused-ring (bicyclic) bond motifs is 1. The summed E-state index contributed by atoms with van der Waals surface area (Å²) in [5, 5.41) is 8.94. The molecule has 0 amide bonds. The van der Waals surface area contributed by atoms with E-state index in [-0.39, 0.29) is 41.9 Å². The predicted molar refractivity (Wildman–Crippen MR) is 123 cm³/mol. The number of rotatable bonds is 6. The average molecular weight is 467 g/mol. The first-order valence-corrected chi connectivity index (χ1v) is 11.3. The molecule has 1 saturated carbocycles. The van der Waals surface area contributed by atoms with Gasteiger partial charge in [-0.2, -0.15) is 18.2 Å². The number of halogens is 3. The van der Waals surface area contributed by atoms with Crippen molar-refractivity contribution in [1.29, 1.82) is 0 Å². The van der Waals surface area contributed by atoms with E-state index >= 15 is 0 Å². The van der Waals surface area contributed by atoms with Crippen LogP contribution in [0.4, 0.5) is 13.2 Å². The van der Waals surface area contributed by atoms with Crippen molar-refractivity contribution < 1.29 is 22.7 Å². The van der Waals surface area contributed by atoms with Crippen LogP contribution in [-0.2, 0) is 18.1 Å². The maximum absolute atomic E-state index is 14.2. The topological polar surface area (TPSA) is 85.2 Å². The van der Waals surface area contributed by atoms with Gasteiger partial charge in [0.25, 0.3) is 0 Å². The Morgan fingerprint density at radius 1 is 0.971 bits per heavy atom. The summed E-state index contributed by atoms with van der Waals surface area (Å²) in [6.07, 6.45) is -1.44. The zero-order chi connectivity index (χ0) is 23.9. The molecular weight excluding hydrogens is 443 g/mol. The molecule has 2 aromatic carbocycles. The fourth-order valence-corrected chi connectivity index (χ4v) is 4.48. The van der Waals surface area contributed by atoms with E-state index < -0.39 is 11.9 Å². The summed E-state index contributed by atoms with van der Waals surface area (Å²) in [5.41, 5.74) is 7.45. The monoisotopic (exact) mass is 467 g/mol. The molecule has 5 rings (SSSR count). The number of aliphatic hydroxyl groups is 1. The second-order valence-corrected chi connectivity index (χ2v) is 8.75. The molecule has 3 N–H and O–H groups in total. The van der Waals surface area contributed by atoms with Crippen LogP contribution in [0.1, 0.15) is 42.8 Å². The van der Waals surface area contributed by atoms with E-state index in [1.54, 1.807) is 30.3 Å². The molecule has 5 nitrogen and oxygen atoms in total. The number of alkyl halides is 3. The summed E-state index contributed by atoms with van der Waals surface area (Å²) in [6.45, 7) is -0.170. The SMILES string of the molecule is NC1(c2ccc(-c3oc4nc(CCCO)nc(C(F)(F)F)c4c3-c3ccccc3)cc2)CCC1. The predicted octanol–water partition coefficient (Wildman–Crippen LogP) is 5.84. The quantitative estimate of drug-likeness (QED) is 0.372. The number of hydrogen-bond donors (Lipinski definition) is 2. The highest BCUT2D eigenvalue weighted by molar-refractivity contribution is 6.02. The van der Waals surface area contributed by atoms with Gasteiger partial charge in [-0.05, 0) is 36.8 Å². The van der Waals surface area contributed by atoms with Crippen molar-refractivity contribution in [2.75, 3.05) is 6.61 Å². The number of hydrogen-bond acceptors (Lipinski definition) is 5. The summed E-state index contributed by atoms with van der Waals surface area (Å²) in [6, 6.07) is 16.3. The largest absolute Gasteiger partial charge is 0.437 e. The van der Waals surface area contributed by atoms with Gasteiger partial charge in [-0.1, -0.05) is 54.6 Å². The molecule has 1 aliphatic carbocycles. The maximum Gasteiger partial charge on any atom is 0.434 e. The molecule has 0 radical (unpaired) electrons. The van der Waals surface area contributed by atoms with Gasteiger partial charge in [-0.25, -0.2) is 4.98 Å². The Balaban J connectivity index is 1.74. The Labute approximate surface area is 194 Å². The standard InChI is InChI=1S/C26H24F3N3O2/c27-26(28,29)23-21-20(16-6-2-1-3-7-16)22(34-24(21)32-19(31-23)8-4-15-33)17-9-11-18(12-10-17)25(30)13-5-14-25/h1-3,6-7,9-12,33H,4-5,8,13-15,30H2. The molecule has 0 spiro atoms. The van der Waals surface area contributed by atoms with E-state index in [4.69, 9.17) is 15.3 Å². The van der Waals surface area contributed by atoms with Gasteiger partial charge in [0.15, 0.2) is 5.69 Å². The number of nitrogens with zero attached hydrogens (tertiary/aromatic N) is 2. The Hall–Kier alpha value is -3.23. The highest BCUT2D eigenvalue weighted by Gasteiger charge is 2.39. The lowest BCUT2D eigenvalue weighted by Crippen LogP contribution is -2.43. The van der Waals surface area contributed by atoms with Gasteiger partial charge in [0.1, 0.15) is 11.6 Å². The van der Waals surface area contributed by atoms with Gasteiger partial charge in [-0.3, -0.25) is 0 Å². The normalized spacial score (nSPS) is 15.4. The van der Waals surface area contributed by atoms with Gasteiger partial charge in [0.05, 0.1) is 5.39 Å². The summed E-state index contributed by atoms with van der Waals surface area (Å²) in [4.78, 5) is 8.13. The van der Waals surface area contributed by atoms with Crippen LogP contribution in [0.2, 0.25) is 0 Å². The molecule has 2 aromatic heterocycles. The lowest BCUT2D eigenvalue weighted by atomic mass is 9.72. The third kappa shape index (κ3) is 3.97. The molecule has 1 fully saturated rings. The van der Waals surface area contributed by atoms with Gasteiger partial charge in [-0.15, -0.1) is 0 Å². The highest BCUT2D eigenvalue weighted by atomic mass is 19.4. The van der Waals surface area contributed by atoms with E-state index in [2.05, 4.69) is 9.97 Å². The van der Waals surface area contributed by atoms with E-state index in [0.717, 1.165) is 24.8 Å². The van der Waals surface area contributed by atoms with Gasteiger partial charge < -0.3 is 15.3 Å². The van der Waals surface area contributed by atoms with E-state index in [1.807, 2.05) is 24.3 Å². The van der Waals surface area contributed by atoms with Crippen LogP contribution in [0.5, 0.6) is 0 Å². The summed E-state index contributed by atoms with van der Waals surface area (Å²) >= 11 is 0. The summed E-state index contributed by atoms with van der Waals surface area (Å²) in [5.74, 6) is 0.283. The number of aromatic nitrogens is 2. The summed E-state index contributed by atoms with van der Waals surface area (Å²) in [7, 11) is 0. The van der Waals surface area contributed by atoms with Crippen LogP contribution in [0.3, 0.4) is 0 Å². The molecule has 176 valence electrons. The van der Waals surface area contributed by atoms with Crippen LogP contribution in [0.25, 0.3) is 33.6 Å². The third-order valence-corrected chi connectivity index (χ3v) is 6.46. The minimum absolute atomic E-state index is 0.0146. The third-order valence-electron chi connectivity index (χ3n) is 6.46. The van der Waals surface area contributed by atoms with Crippen molar-refractivity contribution in [2.24, 2.45) is 5.73 Å². The van der Waals surface area contributed by atoms with E-state index in [9.17, 15) is 13.2 Å². The summed E-state index contributed by atoms with van der Waals surface area (Å²) < 4.78 is 48.5. The zero-order valence-corrected chi connectivity index (χ0v) is 18.4. The molecule has 0 bridgehead atoms. The van der Waals surface area contributed by atoms with Gasteiger partial charge >= 0.3 is 6.18 Å². The molecule has 4 aromatic rings. The van der Waals surface area contributed by atoms with Crippen molar-refractivity contribution in [1.82, 2.24) is 9.97 Å². The molecule has 34 heavy (non-hydrogen) atoms. The fourth-order valence-electron chi connectivity index (χ4n) is 4.48. The Bertz CT molecular complexity index is 1310. The van der Waals surface area contributed by atoms with Gasteiger partial charge in [0, 0.05) is 29.7 Å². The molecule has 1 aliphatic rings. The van der Waals surface area contributed by atoms with Crippen LogP contribution >= 0.6 is 0 Å². The lowest BCUT2D eigenvalue weighted by Gasteiger charge is -2.38. The Morgan fingerprint density at radius 2 is 1.68 bits per heavy atom. The van der Waals surface area contributed by atoms with Crippen molar-refractivity contribution in [3.63, 3.8) is 0 Å². The molecule has 0 saturated heterocycles. The van der Waals surface area contributed by atoms with Crippen LogP contribution < -0.4 is 5.73 Å². The molecule has 0 atom stereocenters. The van der Waals surface area contributed by atoms with Crippen LogP contribution in [0.15, 0.2) is 59.0 Å². The maximum atomic E-state index is 14.2. The second-order valence-electron chi connectivity index (χ2n) is 8.75. The average Bonchev–Trinajstić information content (AvgIpc) is 3.20. The number of benzene rings is 2. The first kappa shape index (κ1) is 22.6. The molecule has 8 heteroatoms. The van der Waals surface area contributed by atoms with Crippen molar-refractivity contribution in [2.45, 2.75) is 43.8 Å². The van der Waals surface area contributed by atoms with Crippen LogP contribution in [0, 0.1) is 0 Å². The minimum atomic E-state index is -4.71. The molecule has 0 unspecified atom stereocenters. The van der Waals surface area contributed by atoms with E-state index in [1.165, 1.54) is 0 Å². The number of furan rings is 1. The Morgan fingerprint density at radius 3 is 2.26 bits per heavy atom. The highest BCUT2D eigenvalue weighted by Crippen LogP contribution is 2.46. The van der Waals surface area contributed by atoms with Gasteiger partial charge in [0.2, 0.25) is 5.71 Å². The molecule has 2 heterocycles. The smallest absolute Gasteiger partial charge is 0.434 e. The second kappa shape index (κ2) is 8.52. The number of aryl methyl sites for hydroxylation is 1. The van der Waals surface area contributed by atoms with Crippen LogP contribution in [-0.4, -0.2) is 21.7 Å². The first-order valence-electron chi connectivity index (χ1n) is 11.3. The first-order chi connectivity index (χ1) is 16.3. The fraction of sp³-hybridized carbons (Fsp3) is 0.308. The molecule has 0 aliphatic heterocycles. The Kier molecular flexibility index (Phi) is 5.65. The minimum Gasteiger partial charge on any atom is -0.437 e. The number of aliphatic hydroxyl groups excluding tert-OH is 1. The van der Waals surface area contributed by atoms with E-state index in [0.29, 0.717) is 22.5 Å². The van der Waals surface area contributed by atoms with Crippen molar-refractivity contribution >= 4 is 11.1 Å². The zero-order valence-electron chi connectivity index (χ0n) is 18.4. The lowest BCUT2D eigenvalue weighted by molar-refractivity contribution is -0.140. The molecular formula is C26H24F3N3O2. The number of nitrogens with two attached hydrogens (primary N) is 1. The van der Waals surface area contributed by atoms with Crippen molar-refractivity contribution in [3.05, 3.63) is 71.7 Å².